The van der Waals surface area contributed by atoms with E-state index >= 15 is 0 Å². The maximum absolute atomic E-state index is 13.5. The Morgan fingerprint density at radius 1 is 0.950 bits per heavy atom. The fourth-order valence-corrected chi connectivity index (χ4v) is 5.88. The topological polar surface area (TPSA) is 79.7 Å². The molecule has 3 heterocycles. The third kappa shape index (κ3) is 5.43. The number of ether oxygens (including phenoxy) is 1. The van der Waals surface area contributed by atoms with Crippen LogP contribution in [0, 0.1) is 11.3 Å². The molecule has 0 radical (unpaired) electrons. The molecule has 0 saturated carbocycles. The summed E-state index contributed by atoms with van der Waals surface area (Å²) in [5.41, 5.74) is 2.58. The van der Waals surface area contributed by atoms with E-state index in [-0.39, 0.29) is 23.1 Å². The van der Waals surface area contributed by atoms with Crippen molar-refractivity contribution in [1.82, 2.24) is 20.0 Å². The Morgan fingerprint density at radius 2 is 1.68 bits per heavy atom. The van der Waals surface area contributed by atoms with E-state index in [2.05, 4.69) is 27.4 Å². The van der Waals surface area contributed by atoms with Crippen molar-refractivity contribution in [2.75, 3.05) is 37.6 Å². The first-order chi connectivity index (χ1) is 19.5. The molecule has 4 aromatic rings. The first-order valence-corrected chi connectivity index (χ1v) is 13.6. The molecule has 1 aromatic heterocycles. The number of anilines is 1. The van der Waals surface area contributed by atoms with E-state index in [9.17, 15) is 9.59 Å². The Hall–Kier alpha value is -4.59. The summed E-state index contributed by atoms with van der Waals surface area (Å²) < 4.78 is 7.59. The summed E-state index contributed by atoms with van der Waals surface area (Å²) in [6.07, 6.45) is 3.59. The molecule has 2 amide bonds. The van der Waals surface area contributed by atoms with Crippen LogP contribution in [0.2, 0.25) is 0 Å². The lowest BCUT2D eigenvalue weighted by Gasteiger charge is -2.52. The largest absolute Gasteiger partial charge is 0.457 e. The van der Waals surface area contributed by atoms with Crippen LogP contribution in [0.3, 0.4) is 0 Å². The van der Waals surface area contributed by atoms with Crippen LogP contribution in [0.15, 0.2) is 97.3 Å². The SMILES string of the molecule is Cn1cc(C(=O)NCC2CN(C(=O)Cc3cccc(Oc4ccccc4)c3)CC23CN(c2ccccc2)C3)cn1. The fourth-order valence-electron chi connectivity index (χ4n) is 5.88. The number of aromatic nitrogens is 2. The van der Waals surface area contributed by atoms with Crippen molar-refractivity contribution in [3.63, 3.8) is 0 Å². The maximum Gasteiger partial charge on any atom is 0.254 e. The Morgan fingerprint density at radius 3 is 2.40 bits per heavy atom. The molecular weight excluding hydrogens is 502 g/mol. The van der Waals surface area contributed by atoms with Gasteiger partial charge in [0.25, 0.3) is 5.91 Å². The van der Waals surface area contributed by atoms with E-state index in [1.54, 1.807) is 24.1 Å². The van der Waals surface area contributed by atoms with Crippen LogP contribution in [0.5, 0.6) is 11.5 Å². The van der Waals surface area contributed by atoms with Gasteiger partial charge in [-0.05, 0) is 42.0 Å². The number of para-hydroxylation sites is 2. The van der Waals surface area contributed by atoms with Crippen LogP contribution < -0.4 is 15.0 Å². The van der Waals surface area contributed by atoms with Gasteiger partial charge < -0.3 is 19.9 Å². The van der Waals surface area contributed by atoms with Crippen molar-refractivity contribution in [3.8, 4) is 11.5 Å². The molecule has 2 saturated heterocycles. The fraction of sp³-hybridized carbons (Fsp3) is 0.281. The second-order valence-electron chi connectivity index (χ2n) is 10.9. The summed E-state index contributed by atoms with van der Waals surface area (Å²) in [6, 6.07) is 27.7. The predicted octanol–water partition coefficient (Wildman–Crippen LogP) is 4.15. The molecule has 6 rings (SSSR count). The molecule has 1 N–H and O–H groups in total. The van der Waals surface area contributed by atoms with Crippen molar-refractivity contribution >= 4 is 17.5 Å². The number of nitrogens with zero attached hydrogens (tertiary/aromatic N) is 4. The van der Waals surface area contributed by atoms with Gasteiger partial charge in [0, 0.05) is 63.0 Å². The number of likely N-dealkylation sites (tertiary alicyclic amines) is 1. The molecule has 8 heteroatoms. The van der Waals surface area contributed by atoms with Crippen molar-refractivity contribution < 1.29 is 14.3 Å². The molecule has 1 spiro atoms. The molecule has 2 aliphatic rings. The van der Waals surface area contributed by atoms with Crippen LogP contribution in [-0.4, -0.2) is 59.2 Å². The van der Waals surface area contributed by atoms with Crippen LogP contribution in [-0.2, 0) is 18.3 Å². The number of hydrogen-bond donors (Lipinski definition) is 1. The van der Waals surface area contributed by atoms with Gasteiger partial charge in [0.05, 0.1) is 18.2 Å². The summed E-state index contributed by atoms with van der Waals surface area (Å²) in [5.74, 6) is 1.59. The zero-order valence-electron chi connectivity index (χ0n) is 22.6. The van der Waals surface area contributed by atoms with E-state index in [0.717, 1.165) is 24.4 Å². The van der Waals surface area contributed by atoms with E-state index in [1.807, 2.05) is 77.7 Å². The van der Waals surface area contributed by atoms with Crippen LogP contribution >= 0.6 is 0 Å². The number of carbonyl (C=O) groups is 2. The molecule has 3 aromatic carbocycles. The van der Waals surface area contributed by atoms with Gasteiger partial charge in [0.2, 0.25) is 5.91 Å². The van der Waals surface area contributed by atoms with Crippen molar-refractivity contribution in [3.05, 3.63) is 108 Å². The minimum absolute atomic E-state index is 0.0635. The number of nitrogens with one attached hydrogen (secondary N) is 1. The molecule has 0 aliphatic carbocycles. The minimum atomic E-state index is -0.137. The van der Waals surface area contributed by atoms with Gasteiger partial charge in [-0.2, -0.15) is 5.10 Å². The van der Waals surface area contributed by atoms with Gasteiger partial charge in [-0.15, -0.1) is 0 Å². The third-order valence-corrected chi connectivity index (χ3v) is 8.01. The standard InChI is InChI=1S/C32H33N5O3/c1-35-19-25(17-34-35)31(39)33-18-26-20-36(21-32(26)22-37(23-32)27-10-4-2-5-11-27)30(38)16-24-9-8-14-29(15-24)40-28-12-6-3-7-13-28/h2-15,17,19,26H,16,18,20-23H2,1H3,(H,33,39). The third-order valence-electron chi connectivity index (χ3n) is 8.01. The molecule has 40 heavy (non-hydrogen) atoms. The normalized spacial score (nSPS) is 17.5. The number of benzene rings is 3. The van der Waals surface area contributed by atoms with E-state index in [4.69, 9.17) is 4.74 Å². The van der Waals surface area contributed by atoms with Crippen molar-refractivity contribution in [1.29, 1.82) is 0 Å². The first-order valence-electron chi connectivity index (χ1n) is 13.6. The minimum Gasteiger partial charge on any atom is -0.457 e. The van der Waals surface area contributed by atoms with Gasteiger partial charge in [0.15, 0.2) is 0 Å². The zero-order valence-corrected chi connectivity index (χ0v) is 22.6. The number of aryl methyl sites for hydroxylation is 1. The Bertz CT molecular complexity index is 1480. The second-order valence-corrected chi connectivity index (χ2v) is 10.9. The molecular formula is C32H33N5O3. The number of hydrogen-bond acceptors (Lipinski definition) is 5. The Labute approximate surface area is 234 Å². The number of amides is 2. The summed E-state index contributed by atoms with van der Waals surface area (Å²) in [7, 11) is 1.79. The van der Waals surface area contributed by atoms with Gasteiger partial charge in [0.1, 0.15) is 11.5 Å². The zero-order chi connectivity index (χ0) is 27.5. The summed E-state index contributed by atoms with van der Waals surface area (Å²) in [4.78, 5) is 30.7. The van der Waals surface area contributed by atoms with Crippen LogP contribution in [0.4, 0.5) is 5.69 Å². The highest BCUT2D eigenvalue weighted by Crippen LogP contribution is 2.45. The average molecular weight is 536 g/mol. The lowest BCUT2D eigenvalue weighted by molar-refractivity contribution is -0.130. The summed E-state index contributed by atoms with van der Waals surface area (Å²) >= 11 is 0. The summed E-state index contributed by atoms with van der Waals surface area (Å²) in [6.45, 7) is 3.53. The Kier molecular flexibility index (Phi) is 6.99. The van der Waals surface area contributed by atoms with E-state index in [0.29, 0.717) is 37.4 Å². The van der Waals surface area contributed by atoms with Gasteiger partial charge in [-0.3, -0.25) is 14.3 Å². The average Bonchev–Trinajstić information content (AvgIpc) is 3.56. The first kappa shape index (κ1) is 25.7. The van der Waals surface area contributed by atoms with Crippen molar-refractivity contribution in [2.24, 2.45) is 18.4 Å². The molecule has 204 valence electrons. The Balaban J connectivity index is 1.14. The smallest absolute Gasteiger partial charge is 0.254 e. The lowest BCUT2D eigenvalue weighted by atomic mass is 9.71. The molecule has 1 atom stereocenters. The van der Waals surface area contributed by atoms with E-state index < -0.39 is 0 Å². The highest BCUT2D eigenvalue weighted by atomic mass is 16.5. The predicted molar refractivity (Wildman–Crippen MR) is 153 cm³/mol. The number of carbonyl (C=O) groups excluding carboxylic acids is 2. The highest BCUT2D eigenvalue weighted by molar-refractivity contribution is 5.93. The monoisotopic (exact) mass is 535 g/mol. The lowest BCUT2D eigenvalue weighted by Crippen LogP contribution is -2.62. The van der Waals surface area contributed by atoms with Crippen LogP contribution in [0.1, 0.15) is 15.9 Å². The molecule has 8 nitrogen and oxygen atoms in total. The molecule has 2 aliphatic heterocycles. The van der Waals surface area contributed by atoms with Gasteiger partial charge in [-0.1, -0.05) is 48.5 Å². The second kappa shape index (κ2) is 10.9. The van der Waals surface area contributed by atoms with Crippen LogP contribution in [0.25, 0.3) is 0 Å². The molecule has 1 unspecified atom stereocenters. The summed E-state index contributed by atoms with van der Waals surface area (Å²) in [5, 5.41) is 7.22. The van der Waals surface area contributed by atoms with E-state index in [1.165, 1.54) is 5.69 Å². The molecule has 2 fully saturated rings. The number of rotatable bonds is 8. The van der Waals surface area contributed by atoms with Gasteiger partial charge in [-0.25, -0.2) is 0 Å². The highest BCUT2D eigenvalue weighted by Gasteiger charge is 2.55. The van der Waals surface area contributed by atoms with Gasteiger partial charge >= 0.3 is 0 Å². The molecule has 0 bridgehead atoms. The van der Waals surface area contributed by atoms with Crippen molar-refractivity contribution in [2.45, 2.75) is 6.42 Å². The quantitative estimate of drug-likeness (QED) is 0.367. The maximum atomic E-state index is 13.5.